The van der Waals surface area contributed by atoms with E-state index >= 15 is 0 Å². The van der Waals surface area contributed by atoms with Crippen LogP contribution in [0.2, 0.25) is 0 Å². The molecule has 2 aliphatic heterocycles. The summed E-state index contributed by atoms with van der Waals surface area (Å²) in [5.74, 6) is -0.960. The molecule has 2 aromatic rings. The second-order valence-corrected chi connectivity index (χ2v) is 14.5. The molecule has 2 fully saturated rings. The fourth-order valence-corrected chi connectivity index (χ4v) is 8.29. The third kappa shape index (κ3) is 6.33. The molecule has 2 atom stereocenters. The highest BCUT2D eigenvalue weighted by Gasteiger charge is 2.62. The fourth-order valence-electron chi connectivity index (χ4n) is 4.49. The van der Waals surface area contributed by atoms with Crippen LogP contribution in [-0.2, 0) is 30.9 Å². The summed E-state index contributed by atoms with van der Waals surface area (Å²) in [6, 6.07) is 13.9. The molecule has 0 spiro atoms. The van der Waals surface area contributed by atoms with Gasteiger partial charge in [0, 0.05) is 46.8 Å². The first kappa shape index (κ1) is 30.4. The lowest BCUT2D eigenvalue weighted by atomic mass is 9.86. The van der Waals surface area contributed by atoms with Gasteiger partial charge in [0.25, 0.3) is 10.0 Å². The van der Waals surface area contributed by atoms with Crippen LogP contribution in [0.1, 0.15) is 25.0 Å². The number of Topliss-reactive ketones (excluding diaryl/α,β-unsaturated/α-hetero) is 1. The molecule has 4 rings (SSSR count). The van der Waals surface area contributed by atoms with Gasteiger partial charge in [-0.3, -0.25) is 10.1 Å². The van der Waals surface area contributed by atoms with Crippen LogP contribution >= 0.6 is 23.5 Å². The zero-order valence-electron chi connectivity index (χ0n) is 22.5. The molecular weight excluding hydrogens is 575 g/mol. The minimum absolute atomic E-state index is 0.153. The molecule has 0 aliphatic carbocycles. The topological polar surface area (TPSA) is 133 Å². The van der Waals surface area contributed by atoms with Gasteiger partial charge in [0.2, 0.25) is 5.54 Å². The van der Waals surface area contributed by atoms with Gasteiger partial charge in [-0.1, -0.05) is 48.0 Å². The number of aryl methyl sites for hydroxylation is 1. The molecule has 0 radical (unpaired) electrons. The molecule has 0 bridgehead atoms. The van der Waals surface area contributed by atoms with Gasteiger partial charge >= 0.3 is 12.1 Å². The number of hydrogen-bond acceptors (Lipinski definition) is 9. The number of benzene rings is 2. The number of hydrogen-bond donors (Lipinski definition) is 2. The summed E-state index contributed by atoms with van der Waals surface area (Å²) in [4.78, 5) is 47.6. The number of aliphatic carboxylic acids is 1. The normalized spacial score (nSPS) is 20.6. The first-order chi connectivity index (χ1) is 18.9. The second kappa shape index (κ2) is 12.1. The maximum absolute atomic E-state index is 14.4. The third-order valence-corrected chi connectivity index (χ3v) is 10.9. The van der Waals surface area contributed by atoms with Crippen molar-refractivity contribution in [2.24, 2.45) is 0 Å². The van der Waals surface area contributed by atoms with Gasteiger partial charge < -0.3 is 14.8 Å². The van der Waals surface area contributed by atoms with Crippen molar-refractivity contribution in [3.8, 4) is 0 Å². The quantitative estimate of drug-likeness (QED) is 0.324. The number of carbonyl (C=O) groups excluding carboxylic acids is 2. The standard InChI is InChI=1S/C27H33N3O7S3/c1-19-9-11-21(12-10-19)40(35,36)30(37-25(34)29-13-15-38-16-14-29)27(24(32)33,17-20-7-5-4-6-8-20)22(31)23-28-26(2,3)18-39-23/h4-12,23,28H,13-18H2,1-3H3,(H,32,33)/t23-,27+/m0/s1. The molecule has 1 amide bonds. The molecule has 0 saturated carbocycles. The number of nitrogens with one attached hydrogen (secondary N) is 1. The van der Waals surface area contributed by atoms with Crippen molar-refractivity contribution in [2.45, 2.75) is 48.5 Å². The van der Waals surface area contributed by atoms with Crippen LogP contribution in [0, 0.1) is 6.92 Å². The van der Waals surface area contributed by atoms with Crippen molar-refractivity contribution in [1.82, 2.24) is 14.7 Å². The number of carbonyl (C=O) groups is 3. The number of hydroxylamine groups is 1. The lowest BCUT2D eigenvalue weighted by Crippen LogP contribution is -2.67. The van der Waals surface area contributed by atoms with Crippen LogP contribution in [0.3, 0.4) is 0 Å². The lowest BCUT2D eigenvalue weighted by Gasteiger charge is -2.39. The highest BCUT2D eigenvalue weighted by atomic mass is 32.2. The summed E-state index contributed by atoms with van der Waals surface area (Å²) < 4.78 is 28.6. The minimum atomic E-state index is -4.86. The molecule has 13 heteroatoms. The molecule has 2 aromatic carbocycles. The molecule has 2 heterocycles. The fraction of sp³-hybridized carbons (Fsp3) is 0.444. The van der Waals surface area contributed by atoms with Crippen LogP contribution in [-0.4, -0.2) is 87.5 Å². The molecule has 2 saturated heterocycles. The summed E-state index contributed by atoms with van der Waals surface area (Å²) >= 11 is 2.82. The SMILES string of the molecule is Cc1ccc(S(=O)(=O)N(OC(=O)N2CCSCC2)[C@@](Cc2ccccc2)(C(=O)O)C(=O)[C@H]2NC(C)(C)CS2)cc1. The molecule has 10 nitrogen and oxygen atoms in total. The van der Waals surface area contributed by atoms with Gasteiger partial charge in [-0.2, -0.15) is 11.8 Å². The Hall–Kier alpha value is -2.58. The van der Waals surface area contributed by atoms with Crippen LogP contribution in [0.4, 0.5) is 4.79 Å². The van der Waals surface area contributed by atoms with E-state index in [1.54, 1.807) is 61.2 Å². The Morgan fingerprint density at radius 1 is 1.10 bits per heavy atom. The van der Waals surface area contributed by atoms with E-state index < -0.39 is 50.7 Å². The molecule has 0 aromatic heterocycles. The van der Waals surface area contributed by atoms with E-state index in [9.17, 15) is 27.9 Å². The Bertz CT molecular complexity index is 1350. The van der Waals surface area contributed by atoms with Crippen molar-refractivity contribution < 1.29 is 32.7 Å². The monoisotopic (exact) mass is 607 g/mol. The average molecular weight is 608 g/mol. The Labute approximate surface area is 242 Å². The Balaban J connectivity index is 1.91. The minimum Gasteiger partial charge on any atom is -0.479 e. The van der Waals surface area contributed by atoms with Crippen molar-refractivity contribution in [1.29, 1.82) is 0 Å². The second-order valence-electron chi connectivity index (χ2n) is 10.4. The van der Waals surface area contributed by atoms with E-state index in [4.69, 9.17) is 4.84 Å². The summed E-state index contributed by atoms with van der Waals surface area (Å²) in [5.41, 5.74) is -2.16. The van der Waals surface area contributed by atoms with E-state index in [2.05, 4.69) is 5.32 Å². The third-order valence-electron chi connectivity index (χ3n) is 6.71. The van der Waals surface area contributed by atoms with Crippen molar-refractivity contribution >= 4 is 51.4 Å². The number of sulfonamides is 1. The molecule has 0 unspecified atom stereocenters. The zero-order valence-corrected chi connectivity index (χ0v) is 25.0. The van der Waals surface area contributed by atoms with Gasteiger partial charge in [-0.15, -0.1) is 11.8 Å². The first-order valence-electron chi connectivity index (χ1n) is 12.7. The van der Waals surface area contributed by atoms with E-state index in [-0.39, 0.29) is 9.36 Å². The largest absolute Gasteiger partial charge is 0.479 e. The average Bonchev–Trinajstić information content (AvgIpc) is 3.30. The van der Waals surface area contributed by atoms with Crippen LogP contribution in [0.15, 0.2) is 59.5 Å². The van der Waals surface area contributed by atoms with Gasteiger partial charge in [-0.25, -0.2) is 18.0 Å². The van der Waals surface area contributed by atoms with Crippen LogP contribution in [0.5, 0.6) is 0 Å². The van der Waals surface area contributed by atoms with Crippen molar-refractivity contribution in [3.63, 3.8) is 0 Å². The number of carboxylic acid groups (broad SMARTS) is 1. The van der Waals surface area contributed by atoms with Crippen LogP contribution in [0.25, 0.3) is 0 Å². The van der Waals surface area contributed by atoms with Crippen molar-refractivity contribution in [3.05, 3.63) is 65.7 Å². The van der Waals surface area contributed by atoms with E-state index in [0.717, 1.165) is 5.56 Å². The van der Waals surface area contributed by atoms with Gasteiger partial charge in [0.05, 0.1) is 4.90 Å². The highest BCUT2D eigenvalue weighted by Crippen LogP contribution is 2.37. The maximum Gasteiger partial charge on any atom is 0.429 e. The van der Waals surface area contributed by atoms with E-state index in [1.165, 1.54) is 28.8 Å². The van der Waals surface area contributed by atoms with Crippen LogP contribution < -0.4 is 5.32 Å². The maximum atomic E-state index is 14.4. The van der Waals surface area contributed by atoms with E-state index in [0.29, 0.717) is 35.9 Å². The first-order valence-corrected chi connectivity index (χ1v) is 16.4. The summed E-state index contributed by atoms with van der Waals surface area (Å²) in [6.45, 7) is 6.09. The van der Waals surface area contributed by atoms with Gasteiger partial charge in [0.15, 0.2) is 5.78 Å². The number of carboxylic acids is 1. The Kier molecular flexibility index (Phi) is 9.20. The molecule has 40 heavy (non-hydrogen) atoms. The van der Waals surface area contributed by atoms with Gasteiger partial charge in [0.1, 0.15) is 5.37 Å². The van der Waals surface area contributed by atoms with E-state index in [1.807, 2.05) is 13.8 Å². The number of thioether (sulfide) groups is 2. The predicted molar refractivity (Wildman–Crippen MR) is 155 cm³/mol. The molecule has 2 aliphatic rings. The molecular formula is C27H33N3O7S3. The highest BCUT2D eigenvalue weighted by molar-refractivity contribution is 8.01. The Morgan fingerprint density at radius 3 is 2.27 bits per heavy atom. The number of amides is 1. The number of ketones is 1. The summed E-state index contributed by atoms with van der Waals surface area (Å²) in [7, 11) is -4.86. The predicted octanol–water partition coefficient (Wildman–Crippen LogP) is 3.16. The zero-order chi connectivity index (χ0) is 29.1. The molecule has 216 valence electrons. The lowest BCUT2D eigenvalue weighted by molar-refractivity contribution is -0.175. The van der Waals surface area contributed by atoms with Crippen molar-refractivity contribution in [2.75, 3.05) is 30.3 Å². The smallest absolute Gasteiger partial charge is 0.429 e. The van der Waals surface area contributed by atoms with Gasteiger partial charge in [-0.05, 0) is 38.5 Å². The number of rotatable bonds is 9. The Morgan fingerprint density at radius 2 is 1.73 bits per heavy atom. The summed E-state index contributed by atoms with van der Waals surface area (Å²) in [6.07, 6.45) is -1.59. The summed E-state index contributed by atoms with van der Waals surface area (Å²) in [5, 5.41) is 12.9. The molecule has 2 N–H and O–H groups in total. The number of nitrogens with zero attached hydrogens (tertiary/aromatic N) is 2.